The van der Waals surface area contributed by atoms with Crippen molar-refractivity contribution in [1.29, 1.82) is 0 Å². The Morgan fingerprint density at radius 2 is 1.89 bits per heavy atom. The first-order valence-electron chi connectivity index (χ1n) is 11.3. The van der Waals surface area contributed by atoms with E-state index in [9.17, 15) is 4.79 Å². The first kappa shape index (κ1) is 23.5. The van der Waals surface area contributed by atoms with Gasteiger partial charge in [-0.25, -0.2) is 0 Å². The number of allylic oxidation sites excluding steroid dienone is 1. The number of hydrogen-bond acceptors (Lipinski definition) is 9. The number of ketones is 1. The number of hydrazine groups is 1. The standard InChI is InChI=1S/C24H25Cl2N7O2/c1-35-23-11-16(32-8-6-27-7-9-32)3-5-19(23)29-20-13-33(14-21-24(20)22(34)12-28-30-21)31-18-4-2-15(25)10-17(18)26/h2-5,10-11,14,27,29,31H,6-9,12-13H2,1H3. The van der Waals surface area contributed by atoms with Gasteiger partial charge in [0, 0.05) is 49.2 Å². The third kappa shape index (κ3) is 5.07. The van der Waals surface area contributed by atoms with Crippen LogP contribution < -0.4 is 25.7 Å². The summed E-state index contributed by atoms with van der Waals surface area (Å²) >= 11 is 12.4. The molecule has 0 aromatic heterocycles. The van der Waals surface area contributed by atoms with Gasteiger partial charge in [0.2, 0.25) is 0 Å². The molecule has 11 heteroatoms. The number of azo groups is 1. The summed E-state index contributed by atoms with van der Waals surface area (Å²) in [5.74, 6) is 0.602. The molecule has 3 N–H and O–H groups in total. The number of anilines is 3. The van der Waals surface area contributed by atoms with Crippen molar-refractivity contribution in [2.45, 2.75) is 0 Å². The Kier molecular flexibility index (Phi) is 6.81. The minimum Gasteiger partial charge on any atom is -0.494 e. The lowest BCUT2D eigenvalue weighted by atomic mass is 10.0. The zero-order valence-electron chi connectivity index (χ0n) is 19.1. The van der Waals surface area contributed by atoms with Gasteiger partial charge < -0.3 is 20.3 Å². The van der Waals surface area contributed by atoms with Gasteiger partial charge in [-0.3, -0.25) is 15.2 Å². The van der Waals surface area contributed by atoms with E-state index in [1.807, 2.05) is 12.1 Å². The number of carbonyl (C=O) groups is 1. The number of Topliss-reactive ketones (excluding diaryl/α,β-unsaturated/α-hetero) is 1. The van der Waals surface area contributed by atoms with Crippen molar-refractivity contribution in [3.63, 3.8) is 0 Å². The van der Waals surface area contributed by atoms with E-state index in [0.29, 0.717) is 45.0 Å². The van der Waals surface area contributed by atoms with Crippen LogP contribution in [0.25, 0.3) is 0 Å². The zero-order valence-corrected chi connectivity index (χ0v) is 20.7. The van der Waals surface area contributed by atoms with Crippen LogP contribution in [0, 0.1) is 0 Å². The molecule has 0 bridgehead atoms. The summed E-state index contributed by atoms with van der Waals surface area (Å²) in [6.45, 7) is 4.16. The van der Waals surface area contributed by atoms with E-state index in [-0.39, 0.29) is 12.3 Å². The van der Waals surface area contributed by atoms with E-state index >= 15 is 0 Å². The molecule has 0 aliphatic carbocycles. The fraction of sp³-hybridized carbons (Fsp3) is 0.292. The molecule has 2 aromatic rings. The van der Waals surface area contributed by atoms with Gasteiger partial charge in [-0.1, -0.05) is 23.2 Å². The predicted octanol–water partition coefficient (Wildman–Crippen LogP) is 4.30. The second kappa shape index (κ2) is 10.2. The van der Waals surface area contributed by atoms with Gasteiger partial charge >= 0.3 is 0 Å². The number of fused-ring (bicyclic) bond motifs is 1. The van der Waals surface area contributed by atoms with Gasteiger partial charge in [0.25, 0.3) is 0 Å². The van der Waals surface area contributed by atoms with Gasteiger partial charge in [0.1, 0.15) is 18.0 Å². The van der Waals surface area contributed by atoms with Crippen molar-refractivity contribution in [2.24, 2.45) is 10.2 Å². The maximum atomic E-state index is 12.8. The Morgan fingerprint density at radius 3 is 2.66 bits per heavy atom. The molecular weight excluding hydrogens is 489 g/mol. The Bertz CT molecular complexity index is 1240. The van der Waals surface area contributed by atoms with Crippen molar-refractivity contribution in [3.05, 3.63) is 69.6 Å². The molecule has 9 nitrogen and oxygen atoms in total. The van der Waals surface area contributed by atoms with E-state index in [1.165, 1.54) is 0 Å². The van der Waals surface area contributed by atoms with E-state index in [0.717, 1.165) is 37.6 Å². The van der Waals surface area contributed by atoms with Crippen LogP contribution in [-0.2, 0) is 4.79 Å². The van der Waals surface area contributed by atoms with Gasteiger partial charge in [-0.05, 0) is 30.3 Å². The Balaban J connectivity index is 1.43. The summed E-state index contributed by atoms with van der Waals surface area (Å²) in [4.78, 5) is 15.1. The summed E-state index contributed by atoms with van der Waals surface area (Å²) in [7, 11) is 1.64. The molecule has 3 heterocycles. The SMILES string of the molecule is COc1cc(N2CCNCC2)ccc1NC1=C2C(=O)CN=NC2=CN(Nc2ccc(Cl)cc2Cl)C1. The molecule has 1 fully saturated rings. The highest BCUT2D eigenvalue weighted by Gasteiger charge is 2.29. The number of rotatable bonds is 6. The fourth-order valence-electron chi connectivity index (χ4n) is 4.28. The number of nitrogens with zero attached hydrogens (tertiary/aromatic N) is 4. The molecular formula is C24H25Cl2N7O2. The first-order chi connectivity index (χ1) is 17.0. The molecule has 182 valence electrons. The van der Waals surface area contributed by atoms with Crippen molar-refractivity contribution in [1.82, 2.24) is 10.3 Å². The number of carbonyl (C=O) groups excluding carboxylic acids is 1. The minimum absolute atomic E-state index is 0.0212. The largest absolute Gasteiger partial charge is 0.494 e. The average Bonchev–Trinajstić information content (AvgIpc) is 2.86. The van der Waals surface area contributed by atoms with Crippen LogP contribution in [0.5, 0.6) is 5.75 Å². The van der Waals surface area contributed by atoms with Crippen molar-refractivity contribution < 1.29 is 9.53 Å². The van der Waals surface area contributed by atoms with Gasteiger partial charge in [0.05, 0.1) is 41.3 Å². The molecule has 0 saturated carbocycles. The van der Waals surface area contributed by atoms with Crippen molar-refractivity contribution >= 4 is 46.0 Å². The maximum absolute atomic E-state index is 12.8. The molecule has 2 aromatic carbocycles. The summed E-state index contributed by atoms with van der Waals surface area (Å²) in [5.41, 5.74) is 7.47. The van der Waals surface area contributed by atoms with E-state index in [2.05, 4.69) is 37.3 Å². The predicted molar refractivity (Wildman–Crippen MR) is 138 cm³/mol. The third-order valence-corrected chi connectivity index (χ3v) is 6.53. The number of ether oxygens (including phenoxy) is 1. The summed E-state index contributed by atoms with van der Waals surface area (Å²) in [6.07, 6.45) is 1.75. The molecule has 0 atom stereocenters. The van der Waals surface area contributed by atoms with Gasteiger partial charge in [-0.15, -0.1) is 0 Å². The topological polar surface area (TPSA) is 93.6 Å². The Labute approximate surface area is 213 Å². The second-order valence-corrected chi connectivity index (χ2v) is 9.14. The van der Waals surface area contributed by atoms with Crippen molar-refractivity contribution in [3.8, 4) is 5.75 Å². The smallest absolute Gasteiger partial charge is 0.190 e. The van der Waals surface area contributed by atoms with Crippen LogP contribution in [0.4, 0.5) is 17.1 Å². The van der Waals surface area contributed by atoms with Crippen LogP contribution in [0.2, 0.25) is 10.0 Å². The molecule has 0 radical (unpaired) electrons. The summed E-state index contributed by atoms with van der Waals surface area (Å²) in [5, 5.41) is 17.8. The number of hydrogen-bond donors (Lipinski definition) is 3. The number of benzene rings is 2. The molecule has 5 rings (SSSR count). The van der Waals surface area contributed by atoms with E-state index < -0.39 is 0 Å². The lowest BCUT2D eigenvalue weighted by Crippen LogP contribution is -2.43. The number of methoxy groups -OCH3 is 1. The lowest BCUT2D eigenvalue weighted by Gasteiger charge is -2.32. The van der Waals surface area contributed by atoms with Crippen LogP contribution >= 0.6 is 23.2 Å². The zero-order chi connectivity index (χ0) is 24.4. The second-order valence-electron chi connectivity index (χ2n) is 8.30. The normalized spacial score (nSPS) is 17.8. The third-order valence-electron chi connectivity index (χ3n) is 5.98. The maximum Gasteiger partial charge on any atom is 0.190 e. The quantitative estimate of drug-likeness (QED) is 0.530. The number of piperazine rings is 1. The Hall–Kier alpha value is -3.27. The fourth-order valence-corrected chi connectivity index (χ4v) is 4.73. The van der Waals surface area contributed by atoms with Crippen LogP contribution in [0.15, 0.2) is 69.8 Å². The minimum atomic E-state index is -0.0886. The van der Waals surface area contributed by atoms with Crippen LogP contribution in [0.1, 0.15) is 0 Å². The average molecular weight is 514 g/mol. The molecule has 3 aliphatic heterocycles. The molecule has 0 amide bonds. The molecule has 0 unspecified atom stereocenters. The van der Waals surface area contributed by atoms with Crippen molar-refractivity contribution in [2.75, 3.05) is 62.0 Å². The molecule has 1 saturated heterocycles. The van der Waals surface area contributed by atoms with Gasteiger partial charge in [-0.2, -0.15) is 10.2 Å². The Morgan fingerprint density at radius 1 is 1.09 bits per heavy atom. The van der Waals surface area contributed by atoms with Gasteiger partial charge in [0.15, 0.2) is 5.78 Å². The molecule has 35 heavy (non-hydrogen) atoms. The van der Waals surface area contributed by atoms with E-state index in [1.54, 1.807) is 36.5 Å². The lowest BCUT2D eigenvalue weighted by molar-refractivity contribution is -0.114. The number of halogens is 2. The van der Waals surface area contributed by atoms with Crippen LogP contribution in [0.3, 0.4) is 0 Å². The highest BCUT2D eigenvalue weighted by atomic mass is 35.5. The highest BCUT2D eigenvalue weighted by Crippen LogP contribution is 2.35. The monoisotopic (exact) mass is 513 g/mol. The highest BCUT2D eigenvalue weighted by molar-refractivity contribution is 6.36. The van der Waals surface area contributed by atoms with E-state index in [4.69, 9.17) is 27.9 Å². The number of nitrogens with one attached hydrogen (secondary N) is 3. The summed E-state index contributed by atoms with van der Waals surface area (Å²) < 4.78 is 5.70. The summed E-state index contributed by atoms with van der Waals surface area (Å²) in [6, 6.07) is 11.3. The van der Waals surface area contributed by atoms with Crippen LogP contribution in [-0.4, -0.2) is 57.2 Å². The first-order valence-corrected chi connectivity index (χ1v) is 12.0. The molecule has 0 spiro atoms. The molecule has 3 aliphatic rings.